The van der Waals surface area contributed by atoms with Crippen molar-refractivity contribution in [2.75, 3.05) is 0 Å². The number of rotatable bonds is 5. The van der Waals surface area contributed by atoms with Gasteiger partial charge in [-0.2, -0.15) is 13.2 Å². The smallest absolute Gasteiger partial charge is 0.327 e. The van der Waals surface area contributed by atoms with Crippen LogP contribution in [0, 0.1) is 0 Å². The lowest BCUT2D eigenvalue weighted by molar-refractivity contribution is -0.137. The number of sulfonamides is 1. The standard InChI is InChI=1S/C17H17F3N4O2S.C2H6/c1-3-24-15-10-12(17(18,19)20)4-5-14(15)22-16(24)11(2)23-27(25,26)13-6-8-21-9-7-13;1-2/h4-11,23H,3H2,1-2H3;1-2H3. The molecule has 0 amide bonds. The minimum Gasteiger partial charge on any atom is -0.327 e. The van der Waals surface area contributed by atoms with Crippen molar-refractivity contribution < 1.29 is 21.6 Å². The highest BCUT2D eigenvalue weighted by Gasteiger charge is 2.31. The molecular weight excluding hydrogens is 405 g/mol. The molecule has 1 unspecified atom stereocenters. The van der Waals surface area contributed by atoms with Crippen LogP contribution in [0.1, 0.15) is 45.1 Å². The van der Waals surface area contributed by atoms with Gasteiger partial charge in [-0.3, -0.25) is 4.98 Å². The monoisotopic (exact) mass is 428 g/mol. The van der Waals surface area contributed by atoms with E-state index < -0.39 is 27.8 Å². The van der Waals surface area contributed by atoms with Crippen molar-refractivity contribution in [2.24, 2.45) is 0 Å². The van der Waals surface area contributed by atoms with Crippen molar-refractivity contribution >= 4 is 21.1 Å². The first kappa shape index (κ1) is 22.8. The Hall–Kier alpha value is -2.46. The Morgan fingerprint density at radius 3 is 2.31 bits per heavy atom. The summed E-state index contributed by atoms with van der Waals surface area (Å²) < 4.78 is 68.1. The molecule has 10 heteroatoms. The molecule has 2 heterocycles. The maximum atomic E-state index is 13.0. The van der Waals surface area contributed by atoms with E-state index >= 15 is 0 Å². The summed E-state index contributed by atoms with van der Waals surface area (Å²) in [6.45, 7) is 7.69. The summed E-state index contributed by atoms with van der Waals surface area (Å²) in [7, 11) is -3.82. The number of nitrogens with zero attached hydrogens (tertiary/aromatic N) is 3. The van der Waals surface area contributed by atoms with Gasteiger partial charge in [0.1, 0.15) is 5.82 Å². The largest absolute Gasteiger partial charge is 0.416 e. The van der Waals surface area contributed by atoms with Crippen molar-refractivity contribution in [1.82, 2.24) is 19.3 Å². The van der Waals surface area contributed by atoms with Crippen molar-refractivity contribution in [3.8, 4) is 0 Å². The molecule has 0 fully saturated rings. The summed E-state index contributed by atoms with van der Waals surface area (Å²) >= 11 is 0. The van der Waals surface area contributed by atoms with Crippen LogP contribution in [0.15, 0.2) is 47.6 Å². The van der Waals surface area contributed by atoms with Gasteiger partial charge in [0.05, 0.1) is 27.5 Å². The Bertz CT molecular complexity index is 1060. The molecule has 0 radical (unpaired) electrons. The summed E-state index contributed by atoms with van der Waals surface area (Å²) in [5.74, 6) is 0.337. The fourth-order valence-corrected chi connectivity index (χ4v) is 4.04. The van der Waals surface area contributed by atoms with Gasteiger partial charge in [0.2, 0.25) is 10.0 Å². The molecule has 6 nitrogen and oxygen atoms in total. The average molecular weight is 428 g/mol. The molecule has 0 aliphatic heterocycles. The van der Waals surface area contributed by atoms with Crippen molar-refractivity contribution in [1.29, 1.82) is 0 Å². The van der Waals surface area contributed by atoms with E-state index in [0.717, 1.165) is 12.1 Å². The van der Waals surface area contributed by atoms with Gasteiger partial charge in [0, 0.05) is 18.9 Å². The van der Waals surface area contributed by atoms with Gasteiger partial charge in [0.15, 0.2) is 0 Å². The number of pyridine rings is 1. The predicted molar refractivity (Wildman–Crippen MR) is 105 cm³/mol. The van der Waals surface area contributed by atoms with E-state index in [9.17, 15) is 21.6 Å². The topological polar surface area (TPSA) is 76.9 Å². The van der Waals surface area contributed by atoms with Gasteiger partial charge in [-0.25, -0.2) is 18.1 Å². The molecule has 0 saturated carbocycles. The van der Waals surface area contributed by atoms with E-state index in [1.807, 2.05) is 13.8 Å². The third-order valence-electron chi connectivity index (χ3n) is 4.10. The molecule has 1 atom stereocenters. The predicted octanol–water partition coefficient (Wildman–Crippen LogP) is 4.54. The Morgan fingerprint density at radius 1 is 1.14 bits per heavy atom. The van der Waals surface area contributed by atoms with E-state index in [1.165, 1.54) is 30.6 Å². The van der Waals surface area contributed by atoms with Crippen LogP contribution in [0.2, 0.25) is 0 Å². The molecule has 158 valence electrons. The third kappa shape index (κ3) is 4.94. The first-order valence-corrected chi connectivity index (χ1v) is 10.6. The Labute approximate surface area is 167 Å². The second-order valence-corrected chi connectivity index (χ2v) is 7.66. The zero-order valence-corrected chi connectivity index (χ0v) is 17.3. The first-order chi connectivity index (χ1) is 13.6. The van der Waals surface area contributed by atoms with E-state index in [2.05, 4.69) is 14.7 Å². The highest BCUT2D eigenvalue weighted by molar-refractivity contribution is 7.89. The van der Waals surface area contributed by atoms with Gasteiger partial charge in [0.25, 0.3) is 0 Å². The SMILES string of the molecule is CC.CCn1c(C(C)NS(=O)(=O)c2ccncc2)nc2ccc(C(F)(F)F)cc21. The van der Waals surface area contributed by atoms with Crippen molar-refractivity contribution in [3.05, 3.63) is 54.1 Å². The fourth-order valence-electron chi connectivity index (χ4n) is 2.85. The molecule has 0 saturated heterocycles. The number of aromatic nitrogens is 3. The maximum absolute atomic E-state index is 13.0. The van der Waals surface area contributed by atoms with E-state index in [-0.39, 0.29) is 4.90 Å². The van der Waals surface area contributed by atoms with E-state index in [0.29, 0.717) is 23.4 Å². The van der Waals surface area contributed by atoms with Crippen LogP contribution in [-0.4, -0.2) is 23.0 Å². The minimum absolute atomic E-state index is 0.0443. The molecule has 3 rings (SSSR count). The summed E-state index contributed by atoms with van der Waals surface area (Å²) in [6.07, 6.45) is -1.75. The van der Waals surface area contributed by atoms with Crippen LogP contribution in [0.3, 0.4) is 0 Å². The zero-order chi connectivity index (χ0) is 21.8. The van der Waals surface area contributed by atoms with Crippen LogP contribution >= 0.6 is 0 Å². The van der Waals surface area contributed by atoms with Gasteiger partial charge < -0.3 is 4.57 Å². The Morgan fingerprint density at radius 2 is 1.76 bits per heavy atom. The van der Waals surface area contributed by atoms with Gasteiger partial charge in [-0.15, -0.1) is 0 Å². The summed E-state index contributed by atoms with van der Waals surface area (Å²) in [6, 6.07) is 5.24. The van der Waals surface area contributed by atoms with Crippen molar-refractivity contribution in [2.45, 2.75) is 51.4 Å². The molecule has 0 aliphatic rings. The number of halogens is 3. The number of nitrogens with one attached hydrogen (secondary N) is 1. The second kappa shape index (κ2) is 8.91. The minimum atomic E-state index is -4.47. The van der Waals surface area contributed by atoms with Crippen LogP contribution in [-0.2, 0) is 22.7 Å². The first-order valence-electron chi connectivity index (χ1n) is 9.13. The Kier molecular flexibility index (Phi) is 7.02. The van der Waals surface area contributed by atoms with E-state index in [4.69, 9.17) is 0 Å². The number of fused-ring (bicyclic) bond motifs is 1. The molecule has 0 aliphatic carbocycles. The molecule has 0 spiro atoms. The zero-order valence-electron chi connectivity index (χ0n) is 16.5. The molecule has 2 aromatic heterocycles. The lowest BCUT2D eigenvalue weighted by Crippen LogP contribution is -2.28. The molecular formula is C19H23F3N4O2S. The highest BCUT2D eigenvalue weighted by atomic mass is 32.2. The van der Waals surface area contributed by atoms with Crippen molar-refractivity contribution in [3.63, 3.8) is 0 Å². The Balaban J connectivity index is 0.00000145. The number of alkyl halides is 3. The molecule has 29 heavy (non-hydrogen) atoms. The van der Waals surface area contributed by atoms with Crippen LogP contribution in [0.5, 0.6) is 0 Å². The highest BCUT2D eigenvalue weighted by Crippen LogP contribution is 2.32. The van der Waals surface area contributed by atoms with Crippen LogP contribution in [0.4, 0.5) is 13.2 Å². The van der Waals surface area contributed by atoms with Gasteiger partial charge in [-0.05, 0) is 44.2 Å². The summed E-state index contributed by atoms with van der Waals surface area (Å²) in [5, 5.41) is 0. The lowest BCUT2D eigenvalue weighted by Gasteiger charge is -2.15. The third-order valence-corrected chi connectivity index (χ3v) is 5.66. The molecule has 0 bridgehead atoms. The quantitative estimate of drug-likeness (QED) is 0.648. The number of benzene rings is 1. The lowest BCUT2D eigenvalue weighted by atomic mass is 10.2. The number of aryl methyl sites for hydroxylation is 1. The number of hydrogen-bond acceptors (Lipinski definition) is 4. The molecule has 1 aromatic carbocycles. The van der Waals surface area contributed by atoms with E-state index in [1.54, 1.807) is 18.4 Å². The normalized spacial score (nSPS) is 13.1. The average Bonchev–Trinajstić information content (AvgIpc) is 3.07. The second-order valence-electron chi connectivity index (χ2n) is 5.94. The van der Waals surface area contributed by atoms with Crippen LogP contribution < -0.4 is 4.72 Å². The van der Waals surface area contributed by atoms with Gasteiger partial charge >= 0.3 is 6.18 Å². The number of hydrogen-bond donors (Lipinski definition) is 1. The van der Waals surface area contributed by atoms with Crippen LogP contribution in [0.25, 0.3) is 11.0 Å². The number of imidazole rings is 1. The fraction of sp³-hybridized carbons (Fsp3) is 0.368. The summed E-state index contributed by atoms with van der Waals surface area (Å²) in [5.41, 5.74) is -0.103. The maximum Gasteiger partial charge on any atom is 0.416 e. The summed E-state index contributed by atoms with van der Waals surface area (Å²) in [4.78, 5) is 8.16. The molecule has 3 aromatic rings. The van der Waals surface area contributed by atoms with Gasteiger partial charge in [-0.1, -0.05) is 13.8 Å². The molecule has 1 N–H and O–H groups in total.